The van der Waals surface area contributed by atoms with Gasteiger partial charge in [-0.05, 0) is 18.4 Å². The molecule has 0 fully saturated rings. The highest BCUT2D eigenvalue weighted by Gasteiger charge is 1.95. The Bertz CT molecular complexity index is 449. The molecule has 0 rings (SSSR count). The molecular formula is C36H74BrN3. The maximum absolute atomic E-state index is 8.15. The minimum atomic E-state index is 0.676. The van der Waals surface area contributed by atoms with Crippen LogP contribution in [0.5, 0.6) is 0 Å². The molecule has 0 aliphatic rings. The summed E-state index contributed by atoms with van der Waals surface area (Å²) in [4.78, 5) is 2.77. The lowest BCUT2D eigenvalue weighted by Gasteiger charge is -2.03. The van der Waals surface area contributed by atoms with Crippen LogP contribution in [0.4, 0.5) is 0 Å². The summed E-state index contributed by atoms with van der Waals surface area (Å²) in [5, 5.41) is 4.74. The molecule has 0 radical (unpaired) electrons. The largest absolute Gasteiger partial charge is 0.0940 e. The normalized spacial score (nSPS) is 10.8. The zero-order valence-corrected chi connectivity index (χ0v) is 29.3. The summed E-state index contributed by atoms with van der Waals surface area (Å²) < 4.78 is 0. The van der Waals surface area contributed by atoms with Crippen molar-refractivity contribution in [3.05, 3.63) is 10.4 Å². The standard InChI is InChI=1S/C18H37Br.C18H37N3/c1-2-3-4-5-6-7-8-9-10-11-12-13-14-15-16-17-18-19;1-2-3-4-5-6-7-8-9-10-11-12-13-14-15-16-17-18-20-21-19/h2-18H2,1H3;2-18H2,1H3. The van der Waals surface area contributed by atoms with Gasteiger partial charge in [0, 0.05) is 16.8 Å². The minimum Gasteiger partial charge on any atom is -0.0940 e. The Balaban J connectivity index is 0. The first-order chi connectivity index (χ1) is 19.8. The summed E-state index contributed by atoms with van der Waals surface area (Å²) in [5.74, 6) is 0. The van der Waals surface area contributed by atoms with Crippen molar-refractivity contribution in [3.63, 3.8) is 0 Å². The maximum Gasteiger partial charge on any atom is 0.0257 e. The lowest BCUT2D eigenvalue weighted by molar-refractivity contribution is 0.530. The molecule has 0 unspecified atom stereocenters. The fourth-order valence-corrected chi connectivity index (χ4v) is 5.81. The SMILES string of the molecule is CCCCCCCCCCCCCCCCCCBr.CCCCCCCCCCCCCCCCCCN=[N+]=[N-]. The van der Waals surface area contributed by atoms with Crippen LogP contribution < -0.4 is 0 Å². The van der Waals surface area contributed by atoms with E-state index in [9.17, 15) is 0 Å². The topological polar surface area (TPSA) is 48.8 Å². The Morgan fingerprint density at radius 1 is 0.375 bits per heavy atom. The van der Waals surface area contributed by atoms with E-state index in [1.807, 2.05) is 0 Å². The first kappa shape index (κ1) is 41.9. The second-order valence-corrected chi connectivity index (χ2v) is 13.0. The molecule has 0 aliphatic carbocycles. The third kappa shape index (κ3) is 44.8. The average molecular weight is 629 g/mol. The zero-order valence-electron chi connectivity index (χ0n) is 27.8. The first-order valence-corrected chi connectivity index (χ1v) is 19.5. The van der Waals surface area contributed by atoms with Gasteiger partial charge in [0.2, 0.25) is 0 Å². The van der Waals surface area contributed by atoms with Crippen LogP contribution in [0, 0.1) is 0 Å². The number of azide groups is 1. The van der Waals surface area contributed by atoms with Gasteiger partial charge in [-0.15, -0.1) is 0 Å². The molecule has 3 nitrogen and oxygen atoms in total. The fourth-order valence-electron chi connectivity index (χ4n) is 5.42. The second-order valence-electron chi connectivity index (χ2n) is 12.3. The van der Waals surface area contributed by atoms with Crippen molar-refractivity contribution in [2.24, 2.45) is 5.11 Å². The molecule has 40 heavy (non-hydrogen) atoms. The first-order valence-electron chi connectivity index (χ1n) is 18.4. The number of hydrogen-bond donors (Lipinski definition) is 0. The molecule has 0 N–H and O–H groups in total. The van der Waals surface area contributed by atoms with Gasteiger partial charge >= 0.3 is 0 Å². The van der Waals surface area contributed by atoms with Gasteiger partial charge in [-0.1, -0.05) is 228 Å². The second kappa shape index (κ2) is 43.2. The summed E-state index contributed by atoms with van der Waals surface area (Å²) in [7, 11) is 0. The number of halogens is 1. The van der Waals surface area contributed by atoms with Crippen molar-refractivity contribution in [2.45, 2.75) is 219 Å². The lowest BCUT2D eigenvalue weighted by Crippen LogP contribution is -1.84. The Hall–Kier alpha value is -0.210. The summed E-state index contributed by atoms with van der Waals surface area (Å²) in [6.07, 6.45) is 45.3. The van der Waals surface area contributed by atoms with Crippen molar-refractivity contribution in [1.29, 1.82) is 0 Å². The molecule has 0 saturated carbocycles. The van der Waals surface area contributed by atoms with Crippen LogP contribution in [-0.4, -0.2) is 11.9 Å². The molecule has 240 valence electrons. The summed E-state index contributed by atoms with van der Waals surface area (Å²) in [6.45, 7) is 5.25. The van der Waals surface area contributed by atoms with Crippen LogP contribution in [0.25, 0.3) is 10.4 Å². The monoisotopic (exact) mass is 628 g/mol. The number of unbranched alkanes of at least 4 members (excludes halogenated alkanes) is 30. The van der Waals surface area contributed by atoms with Gasteiger partial charge in [0.1, 0.15) is 0 Å². The van der Waals surface area contributed by atoms with Crippen LogP contribution in [0.3, 0.4) is 0 Å². The number of rotatable bonds is 33. The van der Waals surface area contributed by atoms with Gasteiger partial charge in [-0.3, -0.25) is 0 Å². The third-order valence-corrected chi connectivity index (χ3v) is 8.72. The molecule has 0 aromatic carbocycles. The van der Waals surface area contributed by atoms with Gasteiger partial charge in [-0.2, -0.15) is 0 Å². The van der Waals surface area contributed by atoms with E-state index in [-0.39, 0.29) is 0 Å². The van der Waals surface area contributed by atoms with E-state index in [0.29, 0.717) is 6.54 Å². The Kier molecular flexibility index (Phi) is 45.3. The number of nitrogens with zero attached hydrogens (tertiary/aromatic N) is 3. The third-order valence-electron chi connectivity index (χ3n) is 8.16. The van der Waals surface area contributed by atoms with Crippen molar-refractivity contribution < 1.29 is 0 Å². The van der Waals surface area contributed by atoms with Gasteiger partial charge < -0.3 is 0 Å². The summed E-state index contributed by atoms with van der Waals surface area (Å²) >= 11 is 3.49. The van der Waals surface area contributed by atoms with Crippen molar-refractivity contribution in [3.8, 4) is 0 Å². The van der Waals surface area contributed by atoms with Gasteiger partial charge in [0.25, 0.3) is 0 Å². The molecule has 0 atom stereocenters. The van der Waals surface area contributed by atoms with Crippen molar-refractivity contribution >= 4 is 15.9 Å². The number of alkyl halides is 1. The Labute approximate surface area is 262 Å². The quantitative estimate of drug-likeness (QED) is 0.0228. The molecule has 0 amide bonds. The molecule has 0 spiro atoms. The van der Waals surface area contributed by atoms with Crippen LogP contribution in [0.15, 0.2) is 5.11 Å². The molecule has 4 heteroatoms. The van der Waals surface area contributed by atoms with Crippen LogP contribution in [-0.2, 0) is 0 Å². The molecular weight excluding hydrogens is 554 g/mol. The molecule has 0 aliphatic heterocycles. The smallest absolute Gasteiger partial charge is 0.0257 e. The summed E-state index contributed by atoms with van der Waals surface area (Å²) in [5.41, 5.74) is 8.15. The van der Waals surface area contributed by atoms with Gasteiger partial charge in [0.15, 0.2) is 0 Å². The van der Waals surface area contributed by atoms with Crippen LogP contribution in [0.1, 0.15) is 219 Å². The van der Waals surface area contributed by atoms with E-state index in [1.165, 1.54) is 204 Å². The van der Waals surface area contributed by atoms with Crippen molar-refractivity contribution in [1.82, 2.24) is 0 Å². The Morgan fingerprint density at radius 2 is 0.600 bits per heavy atom. The van der Waals surface area contributed by atoms with E-state index in [4.69, 9.17) is 5.53 Å². The average Bonchev–Trinajstić information content (AvgIpc) is 2.97. The highest BCUT2D eigenvalue weighted by Crippen LogP contribution is 2.15. The highest BCUT2D eigenvalue weighted by atomic mass is 79.9. The predicted octanol–water partition coefficient (Wildman–Crippen LogP) is 15.2. The van der Waals surface area contributed by atoms with E-state index in [1.54, 1.807) is 0 Å². The van der Waals surface area contributed by atoms with Gasteiger partial charge in [-0.25, -0.2) is 0 Å². The summed E-state index contributed by atoms with van der Waals surface area (Å²) in [6, 6.07) is 0. The molecule has 0 bridgehead atoms. The van der Waals surface area contributed by atoms with E-state index < -0.39 is 0 Å². The van der Waals surface area contributed by atoms with E-state index >= 15 is 0 Å². The minimum absolute atomic E-state index is 0.676. The maximum atomic E-state index is 8.15. The predicted molar refractivity (Wildman–Crippen MR) is 187 cm³/mol. The molecule has 0 saturated heterocycles. The molecule has 0 heterocycles. The van der Waals surface area contributed by atoms with Gasteiger partial charge in [0.05, 0.1) is 0 Å². The molecule has 0 aromatic rings. The number of hydrogen-bond acceptors (Lipinski definition) is 1. The Morgan fingerprint density at radius 3 is 0.825 bits per heavy atom. The van der Waals surface area contributed by atoms with Crippen LogP contribution in [0.2, 0.25) is 0 Å². The van der Waals surface area contributed by atoms with E-state index in [0.717, 1.165) is 6.42 Å². The highest BCUT2D eigenvalue weighted by molar-refractivity contribution is 9.09. The van der Waals surface area contributed by atoms with E-state index in [2.05, 4.69) is 39.8 Å². The fraction of sp³-hybridized carbons (Fsp3) is 1.00. The molecule has 0 aromatic heterocycles. The van der Waals surface area contributed by atoms with Crippen LogP contribution >= 0.6 is 15.9 Å². The zero-order chi connectivity index (χ0) is 29.5. The van der Waals surface area contributed by atoms with Crippen molar-refractivity contribution in [2.75, 3.05) is 11.9 Å². The lowest BCUT2D eigenvalue weighted by atomic mass is 10.0.